The summed E-state index contributed by atoms with van der Waals surface area (Å²) in [6.45, 7) is 0. The minimum atomic E-state index is 1.16. The van der Waals surface area contributed by atoms with Crippen LogP contribution in [-0.4, -0.2) is 4.98 Å². The smallest absolute Gasteiger partial charge is 0.177 e. The summed E-state index contributed by atoms with van der Waals surface area (Å²) >= 11 is 0. The quantitative estimate of drug-likeness (QED) is 0.594. The molecule has 3 rings (SSSR count). The molecule has 78 valence electrons. The number of hydrogen-bond donors (Lipinski definition) is 1. The Morgan fingerprint density at radius 3 is 2.75 bits per heavy atom. The summed E-state index contributed by atoms with van der Waals surface area (Å²) in [4.78, 5) is 3.43. The molecule has 16 heavy (non-hydrogen) atoms. The highest BCUT2D eigenvalue weighted by Gasteiger charge is 2.05. The fourth-order valence-corrected chi connectivity index (χ4v) is 1.98. The van der Waals surface area contributed by atoms with Crippen molar-refractivity contribution in [3.8, 4) is 11.3 Å². The topological polar surface area (TPSA) is 19.7 Å². The summed E-state index contributed by atoms with van der Waals surface area (Å²) in [6, 6.07) is 14.7. The van der Waals surface area contributed by atoms with Gasteiger partial charge in [0.25, 0.3) is 0 Å². The van der Waals surface area contributed by atoms with Crippen LogP contribution in [0.3, 0.4) is 0 Å². The Bertz CT molecular complexity index is 605. The van der Waals surface area contributed by atoms with Gasteiger partial charge in [0.1, 0.15) is 7.05 Å². The predicted molar refractivity (Wildman–Crippen MR) is 64.9 cm³/mol. The number of para-hydroxylation sites is 1. The van der Waals surface area contributed by atoms with Gasteiger partial charge >= 0.3 is 0 Å². The first-order chi connectivity index (χ1) is 7.83. The first-order valence-corrected chi connectivity index (χ1v) is 5.36. The molecule has 0 aliphatic heterocycles. The fraction of sp³-hybridized carbons (Fsp3) is 0.0714. The largest absolute Gasteiger partial charge is 0.354 e. The van der Waals surface area contributed by atoms with Crippen LogP contribution in [0.4, 0.5) is 0 Å². The molecule has 0 amide bonds. The lowest BCUT2D eigenvalue weighted by Crippen LogP contribution is -2.26. The molecule has 3 aromatic rings. The van der Waals surface area contributed by atoms with E-state index >= 15 is 0 Å². The summed E-state index contributed by atoms with van der Waals surface area (Å²) in [5.74, 6) is 0. The van der Waals surface area contributed by atoms with Crippen molar-refractivity contribution >= 4 is 10.9 Å². The van der Waals surface area contributed by atoms with Gasteiger partial charge in [-0.2, -0.15) is 0 Å². The number of benzene rings is 1. The average Bonchev–Trinajstić information content (AvgIpc) is 2.72. The number of aromatic nitrogens is 2. The Morgan fingerprint density at radius 2 is 1.94 bits per heavy atom. The lowest BCUT2D eigenvalue weighted by atomic mass is 10.2. The third-order valence-electron chi connectivity index (χ3n) is 2.78. The Hall–Kier alpha value is -2.09. The van der Waals surface area contributed by atoms with Crippen LogP contribution in [0.2, 0.25) is 0 Å². The summed E-state index contributed by atoms with van der Waals surface area (Å²) in [5, 5.41) is 1.25. The summed E-state index contributed by atoms with van der Waals surface area (Å²) in [5.41, 5.74) is 3.56. The summed E-state index contributed by atoms with van der Waals surface area (Å²) in [6.07, 6.45) is 4.15. The number of H-pyrrole nitrogens is 1. The van der Waals surface area contributed by atoms with Gasteiger partial charge in [-0.1, -0.05) is 18.2 Å². The third-order valence-corrected chi connectivity index (χ3v) is 2.78. The number of rotatable bonds is 1. The van der Waals surface area contributed by atoms with Gasteiger partial charge in [0.2, 0.25) is 0 Å². The van der Waals surface area contributed by atoms with Crippen LogP contribution in [0.15, 0.2) is 54.9 Å². The van der Waals surface area contributed by atoms with E-state index in [9.17, 15) is 0 Å². The van der Waals surface area contributed by atoms with Gasteiger partial charge in [-0.25, -0.2) is 4.57 Å². The zero-order valence-electron chi connectivity index (χ0n) is 9.14. The number of nitrogens with zero attached hydrogens (tertiary/aromatic N) is 1. The van der Waals surface area contributed by atoms with Crippen LogP contribution in [0.1, 0.15) is 0 Å². The molecule has 1 N–H and O–H groups in total. The predicted octanol–water partition coefficient (Wildman–Crippen LogP) is 2.66. The van der Waals surface area contributed by atoms with Gasteiger partial charge in [0, 0.05) is 17.0 Å². The molecule has 2 nitrogen and oxygen atoms in total. The zero-order chi connectivity index (χ0) is 11.0. The first-order valence-electron chi connectivity index (χ1n) is 5.36. The Morgan fingerprint density at radius 1 is 1.06 bits per heavy atom. The normalized spacial score (nSPS) is 10.8. The number of aromatic amines is 1. The molecule has 0 radical (unpaired) electrons. The van der Waals surface area contributed by atoms with Crippen LogP contribution in [0.5, 0.6) is 0 Å². The highest BCUT2D eigenvalue weighted by atomic mass is 14.9. The van der Waals surface area contributed by atoms with Crippen molar-refractivity contribution < 1.29 is 4.57 Å². The van der Waals surface area contributed by atoms with Crippen LogP contribution >= 0.6 is 0 Å². The van der Waals surface area contributed by atoms with Gasteiger partial charge in [0.15, 0.2) is 12.4 Å². The van der Waals surface area contributed by atoms with E-state index in [0.717, 1.165) is 5.69 Å². The lowest BCUT2D eigenvalue weighted by molar-refractivity contribution is -0.671. The number of fused-ring (bicyclic) bond motifs is 1. The molecule has 0 saturated carbocycles. The van der Waals surface area contributed by atoms with Gasteiger partial charge in [-0.15, -0.1) is 0 Å². The van der Waals surface area contributed by atoms with Crippen molar-refractivity contribution in [3.63, 3.8) is 0 Å². The van der Waals surface area contributed by atoms with Crippen LogP contribution in [0.25, 0.3) is 22.2 Å². The second-order valence-electron chi connectivity index (χ2n) is 4.03. The number of pyridine rings is 1. The number of hydrogen-bond acceptors (Lipinski definition) is 0. The molecule has 0 atom stereocenters. The molecular weight excluding hydrogens is 196 g/mol. The van der Waals surface area contributed by atoms with Gasteiger partial charge in [0.05, 0.1) is 11.3 Å². The summed E-state index contributed by atoms with van der Waals surface area (Å²) < 4.78 is 2.06. The Labute approximate surface area is 94.2 Å². The maximum Gasteiger partial charge on any atom is 0.177 e. The first kappa shape index (κ1) is 9.16. The van der Waals surface area contributed by atoms with E-state index in [2.05, 4.69) is 52.1 Å². The van der Waals surface area contributed by atoms with E-state index in [0.29, 0.717) is 0 Å². The van der Waals surface area contributed by atoms with E-state index in [1.54, 1.807) is 0 Å². The van der Waals surface area contributed by atoms with Crippen molar-refractivity contribution in [1.29, 1.82) is 0 Å². The highest BCUT2D eigenvalue weighted by Crippen LogP contribution is 2.22. The molecule has 0 saturated heterocycles. The molecule has 0 aliphatic carbocycles. The number of nitrogens with one attached hydrogen (secondary N) is 1. The molecule has 2 aromatic heterocycles. The molecule has 0 bridgehead atoms. The minimum Gasteiger partial charge on any atom is -0.354 e. The van der Waals surface area contributed by atoms with Gasteiger partial charge in [-0.05, 0) is 18.2 Å². The van der Waals surface area contributed by atoms with E-state index < -0.39 is 0 Å². The van der Waals surface area contributed by atoms with Crippen LogP contribution in [-0.2, 0) is 7.05 Å². The van der Waals surface area contributed by atoms with Crippen molar-refractivity contribution in [2.24, 2.45) is 7.05 Å². The molecule has 2 heteroatoms. The van der Waals surface area contributed by atoms with Crippen LogP contribution in [0, 0.1) is 0 Å². The van der Waals surface area contributed by atoms with Gasteiger partial charge < -0.3 is 4.98 Å². The zero-order valence-corrected chi connectivity index (χ0v) is 9.14. The van der Waals surface area contributed by atoms with Gasteiger partial charge in [-0.3, -0.25) is 0 Å². The van der Waals surface area contributed by atoms with Crippen molar-refractivity contribution in [3.05, 3.63) is 54.9 Å². The van der Waals surface area contributed by atoms with Crippen molar-refractivity contribution in [2.45, 2.75) is 0 Å². The highest BCUT2D eigenvalue weighted by molar-refractivity contribution is 5.85. The fourth-order valence-electron chi connectivity index (χ4n) is 1.98. The van der Waals surface area contributed by atoms with E-state index in [-0.39, 0.29) is 0 Å². The lowest BCUT2D eigenvalue weighted by Gasteiger charge is -1.94. The molecule has 2 heterocycles. The van der Waals surface area contributed by atoms with E-state index in [1.807, 2.05) is 19.3 Å². The maximum atomic E-state index is 3.43. The van der Waals surface area contributed by atoms with Crippen molar-refractivity contribution in [1.82, 2.24) is 4.98 Å². The number of aryl methyl sites for hydroxylation is 1. The standard InChI is InChI=1S/C14H13N2/c1-16-8-4-6-12(10-16)14-9-11-5-2-3-7-13(11)15-14/h2-10,15H,1H3/q+1. The Balaban J connectivity index is 2.19. The van der Waals surface area contributed by atoms with E-state index in [4.69, 9.17) is 0 Å². The molecule has 0 aliphatic rings. The van der Waals surface area contributed by atoms with E-state index in [1.165, 1.54) is 16.5 Å². The SMILES string of the molecule is C[n+]1cccc(-c2cc3ccccc3[nH]2)c1. The monoisotopic (exact) mass is 209 g/mol. The molecule has 0 spiro atoms. The van der Waals surface area contributed by atoms with Crippen LogP contribution < -0.4 is 4.57 Å². The average molecular weight is 209 g/mol. The molecular formula is C14H13N2+. The molecule has 0 fully saturated rings. The third kappa shape index (κ3) is 1.48. The minimum absolute atomic E-state index is 1.16. The summed E-state index contributed by atoms with van der Waals surface area (Å²) in [7, 11) is 2.03. The van der Waals surface area contributed by atoms with Crippen molar-refractivity contribution in [2.75, 3.05) is 0 Å². The maximum absolute atomic E-state index is 3.43. The second kappa shape index (κ2) is 3.49. The second-order valence-corrected chi connectivity index (χ2v) is 4.03. The Kier molecular flexibility index (Phi) is 2.00. The molecule has 1 aromatic carbocycles. The molecule has 0 unspecified atom stereocenters.